The maximum absolute atomic E-state index is 9.84. The van der Waals surface area contributed by atoms with Gasteiger partial charge in [-0.15, -0.1) is 0 Å². The molecular weight excluding hydrogens is 297 g/mol. The molecule has 1 N–H and O–H groups in total. The molecule has 4 nitrogen and oxygen atoms in total. The molecular formula is C14H21Cl2N3O. The highest BCUT2D eigenvalue weighted by Gasteiger charge is 2.23. The van der Waals surface area contributed by atoms with Crippen molar-refractivity contribution in [2.24, 2.45) is 0 Å². The number of nitrogens with zero attached hydrogens (tertiary/aromatic N) is 3. The van der Waals surface area contributed by atoms with Gasteiger partial charge in [0, 0.05) is 56.1 Å². The summed E-state index contributed by atoms with van der Waals surface area (Å²) in [6.07, 6.45) is 1.74. The van der Waals surface area contributed by atoms with E-state index >= 15 is 0 Å². The second-order valence-corrected chi connectivity index (χ2v) is 6.76. The van der Waals surface area contributed by atoms with Crippen molar-refractivity contribution in [1.29, 1.82) is 0 Å². The summed E-state index contributed by atoms with van der Waals surface area (Å²) in [5.74, 6) is 0. The van der Waals surface area contributed by atoms with Gasteiger partial charge in [-0.3, -0.25) is 9.80 Å². The smallest absolute Gasteiger partial charge is 0.130 e. The molecule has 1 aliphatic rings. The molecule has 1 saturated heterocycles. The lowest BCUT2D eigenvalue weighted by molar-refractivity contribution is 0.0167. The van der Waals surface area contributed by atoms with E-state index in [1.54, 1.807) is 12.3 Å². The van der Waals surface area contributed by atoms with Gasteiger partial charge < -0.3 is 5.11 Å². The average Bonchev–Trinajstić information content (AvgIpc) is 2.33. The summed E-state index contributed by atoms with van der Waals surface area (Å²) >= 11 is 12.0. The van der Waals surface area contributed by atoms with E-state index in [2.05, 4.69) is 14.8 Å². The maximum Gasteiger partial charge on any atom is 0.130 e. The van der Waals surface area contributed by atoms with Gasteiger partial charge in [-0.05, 0) is 19.9 Å². The van der Waals surface area contributed by atoms with E-state index in [9.17, 15) is 5.11 Å². The second kappa shape index (κ2) is 6.58. The summed E-state index contributed by atoms with van der Waals surface area (Å²) in [5, 5.41) is 10.9. The van der Waals surface area contributed by atoms with Crippen LogP contribution in [0.1, 0.15) is 19.4 Å². The molecule has 1 aromatic rings. The zero-order valence-corrected chi connectivity index (χ0v) is 13.5. The van der Waals surface area contributed by atoms with E-state index in [0.717, 1.165) is 38.3 Å². The Labute approximate surface area is 130 Å². The predicted molar refractivity (Wildman–Crippen MR) is 82.3 cm³/mol. The van der Waals surface area contributed by atoms with Crippen LogP contribution < -0.4 is 0 Å². The molecule has 0 amide bonds. The lowest BCUT2D eigenvalue weighted by Gasteiger charge is -2.37. The first-order chi connectivity index (χ1) is 9.33. The molecule has 6 heteroatoms. The third-order valence-electron chi connectivity index (χ3n) is 3.37. The van der Waals surface area contributed by atoms with Crippen molar-refractivity contribution in [2.75, 3.05) is 32.7 Å². The van der Waals surface area contributed by atoms with Crippen LogP contribution in [0, 0.1) is 0 Å². The summed E-state index contributed by atoms with van der Waals surface area (Å²) in [6, 6.07) is 1.68. The van der Waals surface area contributed by atoms with Crippen molar-refractivity contribution in [1.82, 2.24) is 14.8 Å². The van der Waals surface area contributed by atoms with Gasteiger partial charge in [-0.2, -0.15) is 0 Å². The van der Waals surface area contributed by atoms with Crippen LogP contribution in [0.4, 0.5) is 0 Å². The van der Waals surface area contributed by atoms with Gasteiger partial charge in [0.05, 0.1) is 5.60 Å². The van der Waals surface area contributed by atoms with Crippen LogP contribution >= 0.6 is 23.2 Å². The quantitative estimate of drug-likeness (QED) is 0.865. The zero-order chi connectivity index (χ0) is 14.8. The van der Waals surface area contributed by atoms with Crippen LogP contribution in [-0.2, 0) is 6.54 Å². The molecule has 0 atom stereocenters. The van der Waals surface area contributed by atoms with E-state index in [0.29, 0.717) is 16.7 Å². The van der Waals surface area contributed by atoms with Gasteiger partial charge in [-0.25, -0.2) is 4.98 Å². The molecule has 0 bridgehead atoms. The van der Waals surface area contributed by atoms with E-state index < -0.39 is 5.60 Å². The fourth-order valence-electron chi connectivity index (χ4n) is 2.45. The van der Waals surface area contributed by atoms with Crippen LogP contribution in [0.3, 0.4) is 0 Å². The Hall–Kier alpha value is -0.390. The molecule has 0 aliphatic carbocycles. The molecule has 0 saturated carbocycles. The summed E-state index contributed by atoms with van der Waals surface area (Å²) in [7, 11) is 0. The molecule has 0 radical (unpaired) electrons. The minimum absolute atomic E-state index is 0.425. The highest BCUT2D eigenvalue weighted by Crippen LogP contribution is 2.20. The standard InChI is InChI=1S/C14H21Cl2N3O/c1-14(2,20)10-19-5-3-18(4-6-19)9-11-8-17-13(16)7-12(11)15/h7-8,20H,3-6,9-10H2,1-2H3. The lowest BCUT2D eigenvalue weighted by Crippen LogP contribution is -2.50. The highest BCUT2D eigenvalue weighted by molar-refractivity contribution is 6.34. The number of halogens is 2. The molecule has 2 rings (SSSR count). The van der Waals surface area contributed by atoms with Crippen molar-refractivity contribution in [3.05, 3.63) is 28.0 Å². The number of aliphatic hydroxyl groups is 1. The normalized spacial score (nSPS) is 18.4. The molecule has 112 valence electrons. The first kappa shape index (κ1) is 16.0. The number of hydrogen-bond acceptors (Lipinski definition) is 4. The van der Waals surface area contributed by atoms with E-state index in [-0.39, 0.29) is 0 Å². The van der Waals surface area contributed by atoms with Crippen LogP contribution in [0.5, 0.6) is 0 Å². The number of piperazine rings is 1. The van der Waals surface area contributed by atoms with Gasteiger partial charge in [0.2, 0.25) is 0 Å². The number of aromatic nitrogens is 1. The average molecular weight is 318 g/mol. The molecule has 0 aromatic carbocycles. The van der Waals surface area contributed by atoms with Gasteiger partial charge >= 0.3 is 0 Å². The largest absolute Gasteiger partial charge is 0.389 e. The molecule has 1 aliphatic heterocycles. The minimum Gasteiger partial charge on any atom is -0.389 e. The predicted octanol–water partition coefficient (Wildman–Crippen LogP) is 2.28. The number of β-amino-alcohol motifs (C(OH)–C–C–N with tert-alkyl or cyclic N) is 1. The van der Waals surface area contributed by atoms with Gasteiger partial charge in [-0.1, -0.05) is 23.2 Å². The molecule has 20 heavy (non-hydrogen) atoms. The SMILES string of the molecule is CC(C)(O)CN1CCN(Cc2cnc(Cl)cc2Cl)CC1. The first-order valence-corrected chi connectivity index (χ1v) is 7.56. The minimum atomic E-state index is -0.633. The third kappa shape index (κ3) is 4.86. The molecule has 1 fully saturated rings. The monoisotopic (exact) mass is 317 g/mol. The van der Waals surface area contributed by atoms with Crippen LogP contribution in [0.15, 0.2) is 12.3 Å². The van der Waals surface area contributed by atoms with Crippen molar-refractivity contribution in [2.45, 2.75) is 26.0 Å². The summed E-state index contributed by atoms with van der Waals surface area (Å²) in [6.45, 7) is 9.05. The van der Waals surface area contributed by atoms with E-state index in [4.69, 9.17) is 23.2 Å². The van der Waals surface area contributed by atoms with Crippen LogP contribution in [0.2, 0.25) is 10.2 Å². The van der Waals surface area contributed by atoms with Crippen molar-refractivity contribution in [3.63, 3.8) is 0 Å². The van der Waals surface area contributed by atoms with Crippen molar-refractivity contribution < 1.29 is 5.11 Å². The van der Waals surface area contributed by atoms with E-state index in [1.807, 2.05) is 13.8 Å². The molecule has 0 unspecified atom stereocenters. The van der Waals surface area contributed by atoms with Crippen molar-refractivity contribution in [3.8, 4) is 0 Å². The third-order valence-corrected chi connectivity index (χ3v) is 3.92. The van der Waals surface area contributed by atoms with Gasteiger partial charge in [0.25, 0.3) is 0 Å². The lowest BCUT2D eigenvalue weighted by atomic mass is 10.1. The Morgan fingerprint density at radius 1 is 1.20 bits per heavy atom. The fourth-order valence-corrected chi connectivity index (χ4v) is 2.87. The second-order valence-electron chi connectivity index (χ2n) is 5.96. The van der Waals surface area contributed by atoms with Crippen molar-refractivity contribution >= 4 is 23.2 Å². The molecule has 2 heterocycles. The van der Waals surface area contributed by atoms with Crippen LogP contribution in [-0.4, -0.2) is 58.2 Å². The van der Waals surface area contributed by atoms with Gasteiger partial charge in [0.1, 0.15) is 5.15 Å². The van der Waals surface area contributed by atoms with Crippen LogP contribution in [0.25, 0.3) is 0 Å². The Bertz CT molecular complexity index is 454. The maximum atomic E-state index is 9.84. The first-order valence-electron chi connectivity index (χ1n) is 6.80. The number of pyridine rings is 1. The Balaban J connectivity index is 1.85. The number of rotatable bonds is 4. The summed E-state index contributed by atoms with van der Waals surface area (Å²) in [5.41, 5.74) is 0.373. The Morgan fingerprint density at radius 2 is 1.80 bits per heavy atom. The summed E-state index contributed by atoms with van der Waals surface area (Å²) in [4.78, 5) is 8.71. The topological polar surface area (TPSA) is 39.6 Å². The molecule has 0 spiro atoms. The number of hydrogen-bond donors (Lipinski definition) is 1. The Morgan fingerprint density at radius 3 is 2.35 bits per heavy atom. The molecule has 1 aromatic heterocycles. The van der Waals surface area contributed by atoms with Gasteiger partial charge in [0.15, 0.2) is 0 Å². The highest BCUT2D eigenvalue weighted by atomic mass is 35.5. The zero-order valence-electron chi connectivity index (χ0n) is 11.9. The Kier molecular flexibility index (Phi) is 5.26. The fraction of sp³-hybridized carbons (Fsp3) is 0.643. The van der Waals surface area contributed by atoms with E-state index in [1.165, 1.54) is 0 Å². The summed E-state index contributed by atoms with van der Waals surface area (Å²) < 4.78 is 0.